The van der Waals surface area contributed by atoms with Gasteiger partial charge in [-0.15, -0.1) is 0 Å². The van der Waals surface area contributed by atoms with E-state index >= 15 is 0 Å². The molecule has 0 aliphatic heterocycles. The van der Waals surface area contributed by atoms with E-state index in [1.165, 1.54) is 5.56 Å². The second kappa shape index (κ2) is 4.25. The molecular formula is C8H12OSi. The quantitative estimate of drug-likeness (QED) is 0.633. The van der Waals surface area contributed by atoms with E-state index in [1.807, 2.05) is 18.2 Å². The summed E-state index contributed by atoms with van der Waals surface area (Å²) < 4.78 is 0. The maximum atomic E-state index is 8.67. The minimum atomic E-state index is -0.730. The van der Waals surface area contributed by atoms with Crippen molar-refractivity contribution in [2.75, 3.05) is 0 Å². The molecule has 1 aromatic carbocycles. The summed E-state index contributed by atoms with van der Waals surface area (Å²) >= 11 is 0. The molecule has 0 saturated heterocycles. The lowest BCUT2D eigenvalue weighted by molar-refractivity contribution is 0.599. The summed E-state index contributed by atoms with van der Waals surface area (Å²) in [4.78, 5) is 8.67. The van der Waals surface area contributed by atoms with E-state index in [4.69, 9.17) is 4.80 Å². The molecule has 1 aromatic rings. The Balaban J connectivity index is 2.43. The van der Waals surface area contributed by atoms with Gasteiger partial charge < -0.3 is 4.80 Å². The normalized spacial score (nSPS) is 10.9. The molecule has 0 aliphatic carbocycles. The molecule has 0 aromatic heterocycles. The van der Waals surface area contributed by atoms with Crippen molar-refractivity contribution in [1.29, 1.82) is 0 Å². The third kappa shape index (κ3) is 2.33. The predicted molar refractivity (Wildman–Crippen MR) is 45.7 cm³/mol. The first-order chi connectivity index (χ1) is 4.93. The molecule has 0 spiro atoms. The van der Waals surface area contributed by atoms with Gasteiger partial charge in [0.15, 0.2) is 9.76 Å². The van der Waals surface area contributed by atoms with Gasteiger partial charge >= 0.3 is 0 Å². The largest absolute Gasteiger partial charge is 0.438 e. The average Bonchev–Trinajstić information content (AvgIpc) is 2.03. The molecule has 0 atom stereocenters. The summed E-state index contributed by atoms with van der Waals surface area (Å²) in [6.45, 7) is 0. The summed E-state index contributed by atoms with van der Waals surface area (Å²) in [6, 6.07) is 11.3. The van der Waals surface area contributed by atoms with Crippen molar-refractivity contribution in [3.05, 3.63) is 35.9 Å². The third-order valence-corrected chi connectivity index (χ3v) is 2.14. The predicted octanol–water partition coefficient (Wildman–Crippen LogP) is 0.724. The van der Waals surface area contributed by atoms with Gasteiger partial charge in [0.25, 0.3) is 0 Å². The summed E-state index contributed by atoms with van der Waals surface area (Å²) in [6.07, 6.45) is 1.05. The summed E-state index contributed by atoms with van der Waals surface area (Å²) in [5, 5.41) is 0. The molecular weight excluding hydrogens is 140 g/mol. The van der Waals surface area contributed by atoms with Gasteiger partial charge in [0.05, 0.1) is 0 Å². The van der Waals surface area contributed by atoms with Crippen LogP contribution in [0.25, 0.3) is 0 Å². The molecule has 1 rings (SSSR count). The van der Waals surface area contributed by atoms with E-state index in [2.05, 4.69) is 12.1 Å². The van der Waals surface area contributed by atoms with Gasteiger partial charge in [-0.1, -0.05) is 30.3 Å². The van der Waals surface area contributed by atoms with Gasteiger partial charge in [0, 0.05) is 0 Å². The highest BCUT2D eigenvalue weighted by Crippen LogP contribution is 2.00. The van der Waals surface area contributed by atoms with Gasteiger partial charge in [-0.2, -0.15) is 0 Å². The van der Waals surface area contributed by atoms with Crippen LogP contribution < -0.4 is 0 Å². The minimum absolute atomic E-state index is 0.730. The fourth-order valence-corrected chi connectivity index (χ4v) is 1.49. The van der Waals surface area contributed by atoms with Gasteiger partial charge in [-0.05, 0) is 18.0 Å². The van der Waals surface area contributed by atoms with Crippen LogP contribution >= 0.6 is 0 Å². The van der Waals surface area contributed by atoms with Crippen LogP contribution in [0.5, 0.6) is 0 Å². The Morgan fingerprint density at radius 1 is 1.20 bits per heavy atom. The van der Waals surface area contributed by atoms with Gasteiger partial charge in [-0.3, -0.25) is 0 Å². The zero-order valence-electron chi connectivity index (χ0n) is 5.96. The first-order valence-electron chi connectivity index (χ1n) is 3.58. The zero-order chi connectivity index (χ0) is 7.23. The Morgan fingerprint density at radius 2 is 1.90 bits per heavy atom. The van der Waals surface area contributed by atoms with Crippen molar-refractivity contribution in [1.82, 2.24) is 0 Å². The molecule has 0 amide bonds. The fraction of sp³-hybridized carbons (Fsp3) is 0.250. The van der Waals surface area contributed by atoms with E-state index in [0.29, 0.717) is 0 Å². The highest BCUT2D eigenvalue weighted by molar-refractivity contribution is 6.25. The number of hydrogen-bond acceptors (Lipinski definition) is 1. The lowest BCUT2D eigenvalue weighted by atomic mass is 10.2. The average molecular weight is 152 g/mol. The lowest BCUT2D eigenvalue weighted by Gasteiger charge is -1.95. The van der Waals surface area contributed by atoms with Crippen molar-refractivity contribution >= 4 is 9.76 Å². The molecule has 0 heterocycles. The molecule has 0 fully saturated rings. The first-order valence-corrected chi connectivity index (χ1v) is 5.21. The molecule has 0 unspecified atom stereocenters. The second-order valence-corrected chi connectivity index (χ2v) is 3.47. The molecule has 54 valence electrons. The molecule has 2 heteroatoms. The van der Waals surface area contributed by atoms with Crippen molar-refractivity contribution in [3.8, 4) is 0 Å². The number of rotatable bonds is 3. The van der Waals surface area contributed by atoms with E-state index in [1.54, 1.807) is 0 Å². The van der Waals surface area contributed by atoms with Crippen LogP contribution in [0.1, 0.15) is 5.56 Å². The van der Waals surface area contributed by atoms with Gasteiger partial charge in [0.1, 0.15) is 0 Å². The Kier molecular flexibility index (Phi) is 3.19. The Labute approximate surface area is 63.7 Å². The Morgan fingerprint density at radius 3 is 2.50 bits per heavy atom. The van der Waals surface area contributed by atoms with E-state index < -0.39 is 9.76 Å². The Bertz CT molecular complexity index is 174. The molecule has 0 aliphatic rings. The van der Waals surface area contributed by atoms with Crippen LogP contribution in [0.4, 0.5) is 0 Å². The second-order valence-electron chi connectivity index (χ2n) is 2.31. The summed E-state index contributed by atoms with van der Waals surface area (Å²) in [5.41, 5.74) is 1.34. The van der Waals surface area contributed by atoms with Gasteiger partial charge in [-0.25, -0.2) is 0 Å². The standard InChI is InChI=1S/C8H12OSi/c9-10-7-6-8-4-2-1-3-5-8/h1-5,9H,6-7,10H2. The van der Waals surface area contributed by atoms with Crippen molar-refractivity contribution < 1.29 is 4.80 Å². The number of benzene rings is 1. The number of aryl methyl sites for hydroxylation is 1. The summed E-state index contributed by atoms with van der Waals surface area (Å²) in [7, 11) is -0.730. The SMILES string of the molecule is O[SiH2]CCc1ccccc1. The van der Waals surface area contributed by atoms with Crippen LogP contribution in [-0.2, 0) is 6.42 Å². The van der Waals surface area contributed by atoms with Crippen LogP contribution in [-0.4, -0.2) is 14.6 Å². The number of hydrogen-bond donors (Lipinski definition) is 1. The lowest BCUT2D eigenvalue weighted by Crippen LogP contribution is -1.90. The van der Waals surface area contributed by atoms with Crippen LogP contribution in [0.15, 0.2) is 30.3 Å². The molecule has 10 heavy (non-hydrogen) atoms. The molecule has 0 bridgehead atoms. The molecule has 0 saturated carbocycles. The van der Waals surface area contributed by atoms with Crippen molar-refractivity contribution in [3.63, 3.8) is 0 Å². The summed E-state index contributed by atoms with van der Waals surface area (Å²) in [5.74, 6) is 0. The first kappa shape index (κ1) is 7.50. The molecule has 1 N–H and O–H groups in total. The monoisotopic (exact) mass is 152 g/mol. The van der Waals surface area contributed by atoms with E-state index in [0.717, 1.165) is 12.5 Å². The van der Waals surface area contributed by atoms with Crippen LogP contribution in [0.2, 0.25) is 6.04 Å². The van der Waals surface area contributed by atoms with Crippen LogP contribution in [0, 0.1) is 0 Å². The highest BCUT2D eigenvalue weighted by atomic mass is 28.2. The van der Waals surface area contributed by atoms with Gasteiger partial charge in [0.2, 0.25) is 0 Å². The highest BCUT2D eigenvalue weighted by Gasteiger charge is 1.88. The molecule has 1 nitrogen and oxygen atoms in total. The van der Waals surface area contributed by atoms with Crippen molar-refractivity contribution in [2.24, 2.45) is 0 Å². The Hall–Kier alpha value is -0.603. The fourth-order valence-electron chi connectivity index (χ4n) is 0.928. The topological polar surface area (TPSA) is 20.2 Å². The zero-order valence-corrected chi connectivity index (χ0v) is 7.37. The maximum absolute atomic E-state index is 8.67. The van der Waals surface area contributed by atoms with Crippen molar-refractivity contribution in [2.45, 2.75) is 12.5 Å². The van der Waals surface area contributed by atoms with E-state index in [9.17, 15) is 0 Å². The third-order valence-electron chi connectivity index (χ3n) is 1.47. The maximum Gasteiger partial charge on any atom is 0.157 e. The smallest absolute Gasteiger partial charge is 0.157 e. The van der Waals surface area contributed by atoms with E-state index in [-0.39, 0.29) is 0 Å². The molecule has 0 radical (unpaired) electrons. The van der Waals surface area contributed by atoms with Crippen LogP contribution in [0.3, 0.4) is 0 Å². The minimum Gasteiger partial charge on any atom is -0.438 e.